The van der Waals surface area contributed by atoms with Crippen LogP contribution in [0.25, 0.3) is 18.2 Å². The Kier molecular flexibility index (Phi) is 8.70. The van der Waals surface area contributed by atoms with Crippen molar-refractivity contribution in [1.29, 1.82) is 0 Å². The smallest absolute Gasteiger partial charge is 0.0472 e. The minimum atomic E-state index is 0.809. The largest absolute Gasteiger partial charge is 0.344 e. The Morgan fingerprint density at radius 3 is 2.35 bits per heavy atom. The molecule has 0 radical (unpaired) electrons. The molecule has 2 aromatic rings. The molecule has 0 aliphatic heterocycles. The van der Waals surface area contributed by atoms with Crippen molar-refractivity contribution in [1.82, 2.24) is 4.90 Å². The first-order valence-corrected chi connectivity index (χ1v) is 10.9. The average Bonchev–Trinajstić information content (AvgIpc) is 3.07. The van der Waals surface area contributed by atoms with E-state index in [0.717, 1.165) is 18.7 Å². The number of rotatable bonds is 8. The monoisotopic (exact) mass is 405 g/mol. The van der Waals surface area contributed by atoms with E-state index in [2.05, 4.69) is 146 Å². The molecule has 0 unspecified atom stereocenters. The minimum Gasteiger partial charge on any atom is -0.344 e. The van der Waals surface area contributed by atoms with Crippen LogP contribution in [0.4, 0.5) is 0 Å². The lowest BCUT2D eigenvalue weighted by atomic mass is 10.1. The van der Waals surface area contributed by atoms with Crippen LogP contribution in [0.15, 0.2) is 121 Å². The van der Waals surface area contributed by atoms with Gasteiger partial charge in [-0.2, -0.15) is 0 Å². The van der Waals surface area contributed by atoms with Crippen molar-refractivity contribution in [2.45, 2.75) is 20.3 Å². The molecule has 0 amide bonds. The highest BCUT2D eigenvalue weighted by Crippen LogP contribution is 2.20. The molecule has 3 rings (SSSR count). The number of benzene rings is 2. The fourth-order valence-corrected chi connectivity index (χ4v) is 3.45. The number of allylic oxidation sites excluding steroid dienone is 7. The molecular weight excluding hydrogens is 374 g/mol. The summed E-state index contributed by atoms with van der Waals surface area (Å²) in [5.41, 5.74) is 6.07. The summed E-state index contributed by atoms with van der Waals surface area (Å²) in [6.07, 6.45) is 27.0. The first kappa shape index (κ1) is 22.1. The Bertz CT molecular complexity index is 1040. The zero-order chi connectivity index (χ0) is 21.7. The van der Waals surface area contributed by atoms with Gasteiger partial charge < -0.3 is 4.90 Å². The first-order chi connectivity index (χ1) is 15.3. The van der Waals surface area contributed by atoms with Crippen molar-refractivity contribution in [2.24, 2.45) is 0 Å². The van der Waals surface area contributed by atoms with Gasteiger partial charge in [0, 0.05) is 18.4 Å². The Morgan fingerprint density at radius 1 is 0.871 bits per heavy atom. The van der Waals surface area contributed by atoms with Crippen LogP contribution in [0, 0.1) is 0 Å². The van der Waals surface area contributed by atoms with Gasteiger partial charge in [-0.25, -0.2) is 0 Å². The predicted molar refractivity (Wildman–Crippen MR) is 137 cm³/mol. The highest BCUT2D eigenvalue weighted by atomic mass is 15.1. The summed E-state index contributed by atoms with van der Waals surface area (Å²) in [7, 11) is 0. The maximum absolute atomic E-state index is 2.32. The molecule has 156 valence electrons. The standard InChI is InChI=1S/C30H31N/c1-3-14-28-20-12-13-21-29(28)22-23-31(25-27-18-8-5-6-9-19-27)30(15-4-2)24-26-16-10-7-11-17-26/h3-8,10-24H,9,25H2,1-2H3/b14-3-,15-4-,23-22+,30-24+. The summed E-state index contributed by atoms with van der Waals surface area (Å²) in [5, 5.41) is 0. The summed E-state index contributed by atoms with van der Waals surface area (Å²) >= 11 is 0. The lowest BCUT2D eigenvalue weighted by Gasteiger charge is -2.23. The minimum absolute atomic E-state index is 0.809. The van der Waals surface area contributed by atoms with Gasteiger partial charge in [0.05, 0.1) is 0 Å². The Morgan fingerprint density at radius 2 is 1.61 bits per heavy atom. The van der Waals surface area contributed by atoms with Gasteiger partial charge in [-0.1, -0.05) is 103 Å². The van der Waals surface area contributed by atoms with Gasteiger partial charge >= 0.3 is 0 Å². The molecule has 0 spiro atoms. The zero-order valence-electron chi connectivity index (χ0n) is 18.5. The molecule has 1 aliphatic carbocycles. The Hall–Kier alpha value is -3.58. The molecule has 1 nitrogen and oxygen atoms in total. The van der Waals surface area contributed by atoms with Crippen LogP contribution in [-0.4, -0.2) is 11.4 Å². The van der Waals surface area contributed by atoms with Crippen LogP contribution in [0.2, 0.25) is 0 Å². The van der Waals surface area contributed by atoms with Gasteiger partial charge in [-0.3, -0.25) is 0 Å². The molecule has 1 aliphatic rings. The molecule has 1 heteroatoms. The van der Waals surface area contributed by atoms with Crippen molar-refractivity contribution in [2.75, 3.05) is 6.54 Å². The van der Waals surface area contributed by atoms with E-state index in [1.54, 1.807) is 0 Å². The molecule has 0 saturated carbocycles. The van der Waals surface area contributed by atoms with E-state index in [-0.39, 0.29) is 0 Å². The third kappa shape index (κ3) is 7.01. The van der Waals surface area contributed by atoms with E-state index < -0.39 is 0 Å². The van der Waals surface area contributed by atoms with Gasteiger partial charge in [-0.05, 0) is 60.8 Å². The lowest BCUT2D eigenvalue weighted by molar-refractivity contribution is 0.531. The normalized spacial score (nSPS) is 14.5. The van der Waals surface area contributed by atoms with Crippen LogP contribution >= 0.6 is 0 Å². The van der Waals surface area contributed by atoms with E-state index in [1.165, 1.54) is 22.3 Å². The molecule has 0 saturated heterocycles. The molecule has 0 heterocycles. The van der Waals surface area contributed by atoms with E-state index in [1.807, 2.05) is 0 Å². The van der Waals surface area contributed by atoms with E-state index in [4.69, 9.17) is 0 Å². The molecule has 0 bridgehead atoms. The molecule has 0 atom stereocenters. The summed E-state index contributed by atoms with van der Waals surface area (Å²) in [4.78, 5) is 2.32. The van der Waals surface area contributed by atoms with E-state index in [9.17, 15) is 0 Å². The number of hydrogen-bond donors (Lipinski definition) is 0. The second-order valence-electron chi connectivity index (χ2n) is 7.35. The fourth-order valence-electron chi connectivity index (χ4n) is 3.45. The van der Waals surface area contributed by atoms with Crippen molar-refractivity contribution in [3.05, 3.63) is 137 Å². The third-order valence-corrected chi connectivity index (χ3v) is 4.99. The Labute approximate surface area is 187 Å². The van der Waals surface area contributed by atoms with Crippen molar-refractivity contribution in [3.8, 4) is 0 Å². The molecule has 31 heavy (non-hydrogen) atoms. The molecule has 0 N–H and O–H groups in total. The lowest BCUT2D eigenvalue weighted by Crippen LogP contribution is -2.18. The maximum atomic E-state index is 2.32. The summed E-state index contributed by atoms with van der Waals surface area (Å²) < 4.78 is 0. The first-order valence-electron chi connectivity index (χ1n) is 10.9. The zero-order valence-corrected chi connectivity index (χ0v) is 18.5. The maximum Gasteiger partial charge on any atom is 0.0472 e. The highest BCUT2D eigenvalue weighted by molar-refractivity contribution is 5.65. The van der Waals surface area contributed by atoms with Crippen LogP contribution in [0.3, 0.4) is 0 Å². The SMILES string of the molecule is C/C=C\C(=C/c1ccccc1)N(/C=C/c1ccccc1/C=C\C)CC1=CCC=CC=C1. The topological polar surface area (TPSA) is 3.24 Å². The van der Waals surface area contributed by atoms with Gasteiger partial charge in [-0.15, -0.1) is 0 Å². The van der Waals surface area contributed by atoms with Crippen molar-refractivity contribution < 1.29 is 0 Å². The number of hydrogen-bond acceptors (Lipinski definition) is 1. The van der Waals surface area contributed by atoms with Gasteiger partial charge in [0.1, 0.15) is 0 Å². The molecular formula is C30H31N. The summed E-state index contributed by atoms with van der Waals surface area (Å²) in [6.45, 7) is 4.93. The van der Waals surface area contributed by atoms with Crippen LogP contribution in [0.1, 0.15) is 37.0 Å². The predicted octanol–water partition coefficient (Wildman–Crippen LogP) is 8.05. The second kappa shape index (κ2) is 12.2. The van der Waals surface area contributed by atoms with Crippen molar-refractivity contribution >= 4 is 18.2 Å². The van der Waals surface area contributed by atoms with Gasteiger partial charge in [0.2, 0.25) is 0 Å². The van der Waals surface area contributed by atoms with E-state index in [0.29, 0.717) is 0 Å². The quantitative estimate of drug-likeness (QED) is 0.402. The van der Waals surface area contributed by atoms with Crippen molar-refractivity contribution in [3.63, 3.8) is 0 Å². The highest BCUT2D eigenvalue weighted by Gasteiger charge is 2.08. The molecule has 2 aromatic carbocycles. The van der Waals surface area contributed by atoms with Crippen LogP contribution in [0.5, 0.6) is 0 Å². The Balaban J connectivity index is 1.99. The van der Waals surface area contributed by atoms with Gasteiger partial charge in [0.15, 0.2) is 0 Å². The summed E-state index contributed by atoms with van der Waals surface area (Å²) in [5.74, 6) is 0. The number of nitrogens with zero attached hydrogens (tertiary/aromatic N) is 1. The van der Waals surface area contributed by atoms with Crippen LogP contribution < -0.4 is 0 Å². The van der Waals surface area contributed by atoms with Crippen LogP contribution in [-0.2, 0) is 0 Å². The average molecular weight is 406 g/mol. The fraction of sp³-hybridized carbons (Fsp3) is 0.133. The van der Waals surface area contributed by atoms with E-state index >= 15 is 0 Å². The summed E-state index contributed by atoms with van der Waals surface area (Å²) in [6, 6.07) is 19.0. The van der Waals surface area contributed by atoms with Gasteiger partial charge in [0.25, 0.3) is 0 Å². The molecule has 0 aromatic heterocycles. The second-order valence-corrected chi connectivity index (χ2v) is 7.35. The molecule has 0 fully saturated rings. The third-order valence-electron chi connectivity index (χ3n) is 4.99.